The van der Waals surface area contributed by atoms with Crippen molar-refractivity contribution in [1.29, 1.82) is 5.26 Å². The zero-order valence-electron chi connectivity index (χ0n) is 10.5. The molecule has 0 unspecified atom stereocenters. The number of methoxy groups -OCH3 is 1. The second-order valence-corrected chi connectivity index (χ2v) is 3.91. The van der Waals surface area contributed by atoms with Gasteiger partial charge in [0.25, 0.3) is 0 Å². The molecule has 0 heterocycles. The van der Waals surface area contributed by atoms with Gasteiger partial charge in [-0.3, -0.25) is 0 Å². The SMILES string of the molecule is COc1cc(C#N)cc(Oc2ccc(CO)cc2)c1. The Kier molecular flexibility index (Phi) is 4.01. The zero-order valence-corrected chi connectivity index (χ0v) is 10.5. The van der Waals surface area contributed by atoms with Gasteiger partial charge in [0.05, 0.1) is 25.3 Å². The van der Waals surface area contributed by atoms with Crippen molar-refractivity contribution in [1.82, 2.24) is 0 Å². The summed E-state index contributed by atoms with van der Waals surface area (Å²) in [5.74, 6) is 1.74. The summed E-state index contributed by atoms with van der Waals surface area (Å²) in [6.07, 6.45) is 0. The highest BCUT2D eigenvalue weighted by atomic mass is 16.5. The van der Waals surface area contributed by atoms with Gasteiger partial charge in [-0.15, -0.1) is 0 Å². The number of nitrogens with zero attached hydrogens (tertiary/aromatic N) is 1. The van der Waals surface area contributed by atoms with Gasteiger partial charge in [-0.05, 0) is 29.8 Å². The molecule has 0 bridgehead atoms. The Morgan fingerprint density at radius 3 is 2.32 bits per heavy atom. The maximum atomic E-state index is 8.96. The fourth-order valence-corrected chi connectivity index (χ4v) is 1.61. The summed E-state index contributed by atoms with van der Waals surface area (Å²) in [4.78, 5) is 0. The number of aliphatic hydroxyl groups excluding tert-OH is 1. The van der Waals surface area contributed by atoms with Crippen LogP contribution in [0.4, 0.5) is 0 Å². The van der Waals surface area contributed by atoms with E-state index in [0.29, 0.717) is 22.8 Å². The van der Waals surface area contributed by atoms with Crippen molar-refractivity contribution in [2.75, 3.05) is 7.11 Å². The van der Waals surface area contributed by atoms with E-state index in [1.807, 2.05) is 0 Å². The minimum Gasteiger partial charge on any atom is -0.497 e. The van der Waals surface area contributed by atoms with Crippen LogP contribution < -0.4 is 9.47 Å². The first-order chi connectivity index (χ1) is 9.25. The van der Waals surface area contributed by atoms with Crippen molar-refractivity contribution < 1.29 is 14.6 Å². The van der Waals surface area contributed by atoms with E-state index >= 15 is 0 Å². The van der Waals surface area contributed by atoms with E-state index in [-0.39, 0.29) is 6.61 Å². The number of nitriles is 1. The highest BCUT2D eigenvalue weighted by molar-refractivity contribution is 5.45. The van der Waals surface area contributed by atoms with Crippen LogP contribution in [0.2, 0.25) is 0 Å². The molecule has 0 spiro atoms. The van der Waals surface area contributed by atoms with Crippen LogP contribution in [0, 0.1) is 11.3 Å². The van der Waals surface area contributed by atoms with E-state index in [4.69, 9.17) is 19.8 Å². The van der Waals surface area contributed by atoms with E-state index in [1.54, 1.807) is 42.5 Å². The van der Waals surface area contributed by atoms with Crippen LogP contribution in [0.25, 0.3) is 0 Å². The Labute approximate surface area is 111 Å². The highest BCUT2D eigenvalue weighted by Crippen LogP contribution is 2.27. The van der Waals surface area contributed by atoms with E-state index < -0.39 is 0 Å². The van der Waals surface area contributed by atoms with Crippen molar-refractivity contribution >= 4 is 0 Å². The van der Waals surface area contributed by atoms with Crippen molar-refractivity contribution in [2.45, 2.75) is 6.61 Å². The number of hydrogen-bond acceptors (Lipinski definition) is 4. The molecule has 0 aliphatic rings. The molecule has 0 aliphatic heterocycles. The van der Waals surface area contributed by atoms with Crippen LogP contribution >= 0.6 is 0 Å². The summed E-state index contributed by atoms with van der Waals surface area (Å²) < 4.78 is 10.8. The first-order valence-corrected chi connectivity index (χ1v) is 5.72. The van der Waals surface area contributed by atoms with Gasteiger partial charge in [-0.1, -0.05) is 12.1 Å². The molecule has 96 valence electrons. The molecule has 2 aromatic rings. The monoisotopic (exact) mass is 255 g/mol. The van der Waals surface area contributed by atoms with Crippen LogP contribution in [0.1, 0.15) is 11.1 Å². The molecular formula is C15H13NO3. The largest absolute Gasteiger partial charge is 0.497 e. The summed E-state index contributed by atoms with van der Waals surface area (Å²) in [6.45, 7) is -0.00196. The molecule has 0 radical (unpaired) electrons. The van der Waals surface area contributed by atoms with Gasteiger partial charge in [0.1, 0.15) is 17.2 Å². The molecule has 0 saturated carbocycles. The highest BCUT2D eigenvalue weighted by Gasteiger charge is 2.03. The first kappa shape index (κ1) is 12.9. The third-order valence-electron chi connectivity index (χ3n) is 2.59. The second-order valence-electron chi connectivity index (χ2n) is 3.91. The standard InChI is InChI=1S/C15H13NO3/c1-18-14-6-12(9-16)7-15(8-14)19-13-4-2-11(10-17)3-5-13/h2-8,17H,10H2,1H3. The average Bonchev–Trinajstić information content (AvgIpc) is 2.47. The van der Waals surface area contributed by atoms with Gasteiger partial charge in [0.15, 0.2) is 0 Å². The van der Waals surface area contributed by atoms with Crippen molar-refractivity contribution in [3.63, 3.8) is 0 Å². The van der Waals surface area contributed by atoms with Crippen molar-refractivity contribution in [3.05, 3.63) is 53.6 Å². The van der Waals surface area contributed by atoms with Gasteiger partial charge in [-0.2, -0.15) is 5.26 Å². The van der Waals surface area contributed by atoms with Gasteiger partial charge < -0.3 is 14.6 Å². The van der Waals surface area contributed by atoms with E-state index in [2.05, 4.69) is 6.07 Å². The lowest BCUT2D eigenvalue weighted by molar-refractivity contribution is 0.281. The van der Waals surface area contributed by atoms with Crippen LogP contribution in [-0.4, -0.2) is 12.2 Å². The molecule has 4 heteroatoms. The Hall–Kier alpha value is -2.51. The maximum absolute atomic E-state index is 8.96. The van der Waals surface area contributed by atoms with E-state index in [0.717, 1.165) is 5.56 Å². The fourth-order valence-electron chi connectivity index (χ4n) is 1.61. The number of ether oxygens (including phenoxy) is 2. The second kappa shape index (κ2) is 5.89. The third-order valence-corrected chi connectivity index (χ3v) is 2.59. The van der Waals surface area contributed by atoms with Gasteiger partial charge in [-0.25, -0.2) is 0 Å². The summed E-state index contributed by atoms with van der Waals surface area (Å²) in [7, 11) is 1.54. The normalized spacial score (nSPS) is 9.74. The predicted octanol–water partition coefficient (Wildman–Crippen LogP) is 2.85. The zero-order chi connectivity index (χ0) is 13.7. The molecule has 1 N–H and O–H groups in total. The summed E-state index contributed by atoms with van der Waals surface area (Å²) in [5, 5.41) is 17.9. The summed E-state index contributed by atoms with van der Waals surface area (Å²) >= 11 is 0. The minimum atomic E-state index is -0.00196. The smallest absolute Gasteiger partial charge is 0.132 e. The summed E-state index contributed by atoms with van der Waals surface area (Å²) in [6, 6.07) is 14.1. The van der Waals surface area contributed by atoms with Gasteiger partial charge in [0.2, 0.25) is 0 Å². The lowest BCUT2D eigenvalue weighted by Gasteiger charge is -2.08. The first-order valence-electron chi connectivity index (χ1n) is 5.72. The minimum absolute atomic E-state index is 0.00196. The van der Waals surface area contributed by atoms with Crippen LogP contribution in [-0.2, 0) is 6.61 Å². The molecule has 2 aromatic carbocycles. The van der Waals surface area contributed by atoms with Crippen molar-refractivity contribution in [3.8, 4) is 23.3 Å². The molecular weight excluding hydrogens is 242 g/mol. The molecule has 0 aromatic heterocycles. The third kappa shape index (κ3) is 3.24. The molecule has 0 amide bonds. The van der Waals surface area contributed by atoms with Gasteiger partial charge in [0, 0.05) is 6.07 Å². The van der Waals surface area contributed by atoms with Crippen LogP contribution in [0.3, 0.4) is 0 Å². The maximum Gasteiger partial charge on any atom is 0.132 e. The quantitative estimate of drug-likeness (QED) is 0.912. The molecule has 0 atom stereocenters. The Morgan fingerprint density at radius 1 is 1.05 bits per heavy atom. The topological polar surface area (TPSA) is 62.5 Å². The number of hydrogen-bond donors (Lipinski definition) is 1. The molecule has 2 rings (SSSR count). The lowest BCUT2D eigenvalue weighted by atomic mass is 10.2. The van der Waals surface area contributed by atoms with Crippen molar-refractivity contribution in [2.24, 2.45) is 0 Å². The predicted molar refractivity (Wildman–Crippen MR) is 70.1 cm³/mol. The summed E-state index contributed by atoms with van der Waals surface area (Å²) in [5.41, 5.74) is 1.29. The average molecular weight is 255 g/mol. The Bertz CT molecular complexity index is 600. The van der Waals surface area contributed by atoms with Crippen LogP contribution in [0.5, 0.6) is 17.2 Å². The van der Waals surface area contributed by atoms with Gasteiger partial charge >= 0.3 is 0 Å². The number of rotatable bonds is 4. The van der Waals surface area contributed by atoms with E-state index in [1.165, 1.54) is 7.11 Å². The molecule has 4 nitrogen and oxygen atoms in total. The Balaban J connectivity index is 2.24. The molecule has 19 heavy (non-hydrogen) atoms. The fraction of sp³-hybridized carbons (Fsp3) is 0.133. The molecule has 0 saturated heterocycles. The molecule has 0 aliphatic carbocycles. The lowest BCUT2D eigenvalue weighted by Crippen LogP contribution is -1.89. The number of benzene rings is 2. The Morgan fingerprint density at radius 2 is 1.74 bits per heavy atom. The van der Waals surface area contributed by atoms with E-state index in [9.17, 15) is 0 Å². The molecule has 0 fully saturated rings. The van der Waals surface area contributed by atoms with Crippen LogP contribution in [0.15, 0.2) is 42.5 Å². The number of aliphatic hydroxyl groups is 1.